The van der Waals surface area contributed by atoms with E-state index in [0.29, 0.717) is 30.5 Å². The van der Waals surface area contributed by atoms with Crippen LogP contribution in [0.5, 0.6) is 5.75 Å². The normalized spacial score (nSPS) is 16.8. The number of halogens is 1. The van der Waals surface area contributed by atoms with Gasteiger partial charge in [-0.15, -0.1) is 0 Å². The number of hydrogen-bond donors (Lipinski definition) is 1. The Morgan fingerprint density at radius 3 is 2.47 bits per heavy atom. The van der Waals surface area contributed by atoms with Crippen molar-refractivity contribution in [3.63, 3.8) is 0 Å². The number of anilines is 1. The number of nitrogens with zero attached hydrogens (tertiary/aromatic N) is 1. The molecule has 0 saturated carbocycles. The van der Waals surface area contributed by atoms with Gasteiger partial charge < -0.3 is 14.8 Å². The van der Waals surface area contributed by atoms with Gasteiger partial charge in [0.2, 0.25) is 15.9 Å². The van der Waals surface area contributed by atoms with Gasteiger partial charge in [-0.25, -0.2) is 8.42 Å². The van der Waals surface area contributed by atoms with E-state index in [2.05, 4.69) is 17.4 Å². The number of rotatable bonds is 8. The molecule has 7 nitrogen and oxygen atoms in total. The molecule has 0 aromatic heterocycles. The molecule has 1 fully saturated rings. The fourth-order valence-corrected chi connectivity index (χ4v) is 5.48. The number of methoxy groups -OCH3 is 1. The van der Waals surface area contributed by atoms with Gasteiger partial charge in [0.25, 0.3) is 0 Å². The summed E-state index contributed by atoms with van der Waals surface area (Å²) < 4.78 is 37.3. The molecule has 1 N–H and O–H groups in total. The highest BCUT2D eigenvalue weighted by atomic mass is 35.5. The standard InChI is InChI=1S/C23H29ClN2O5S/c1-17(26(32(3,28)29)20-15-19(24)9-10-21(20)30-2)22(27)25-16-23(11-13-31-14-12-23)18-7-5-4-6-8-18/h4-10,15,17H,11-14,16H2,1-3H3,(H,25,27)/t17-/m1/s1. The van der Waals surface area contributed by atoms with Crippen LogP contribution < -0.4 is 14.4 Å². The van der Waals surface area contributed by atoms with E-state index in [0.717, 1.165) is 29.0 Å². The fourth-order valence-electron chi connectivity index (χ4n) is 4.14. The van der Waals surface area contributed by atoms with Gasteiger partial charge in [-0.05, 0) is 43.5 Å². The van der Waals surface area contributed by atoms with Gasteiger partial charge in [-0.3, -0.25) is 9.10 Å². The molecule has 1 aliphatic heterocycles. The monoisotopic (exact) mass is 480 g/mol. The molecule has 2 aromatic carbocycles. The third-order valence-electron chi connectivity index (χ3n) is 5.90. The molecule has 1 saturated heterocycles. The maximum Gasteiger partial charge on any atom is 0.243 e. The van der Waals surface area contributed by atoms with Crippen LogP contribution in [0.15, 0.2) is 48.5 Å². The van der Waals surface area contributed by atoms with Crippen molar-refractivity contribution in [1.82, 2.24) is 5.32 Å². The molecule has 0 spiro atoms. The highest BCUT2D eigenvalue weighted by molar-refractivity contribution is 7.92. The predicted octanol–water partition coefficient (Wildman–Crippen LogP) is 3.37. The van der Waals surface area contributed by atoms with Gasteiger partial charge in [-0.1, -0.05) is 41.9 Å². The number of benzene rings is 2. The number of ether oxygens (including phenoxy) is 2. The van der Waals surface area contributed by atoms with Gasteiger partial charge in [0.1, 0.15) is 11.8 Å². The predicted molar refractivity (Wildman–Crippen MR) is 126 cm³/mol. The van der Waals surface area contributed by atoms with Gasteiger partial charge >= 0.3 is 0 Å². The SMILES string of the molecule is COc1ccc(Cl)cc1N([C@H](C)C(=O)NCC1(c2ccccc2)CCOCC1)S(C)(=O)=O. The molecular weight excluding hydrogens is 452 g/mol. The first-order chi connectivity index (χ1) is 15.2. The van der Waals surface area contributed by atoms with Crippen molar-refractivity contribution in [2.24, 2.45) is 0 Å². The van der Waals surface area contributed by atoms with E-state index in [1.165, 1.54) is 13.2 Å². The molecule has 0 aliphatic carbocycles. The Balaban J connectivity index is 1.86. The second-order valence-corrected chi connectivity index (χ2v) is 10.3. The summed E-state index contributed by atoms with van der Waals surface area (Å²) in [6, 6.07) is 13.7. The Bertz CT molecular complexity index is 1040. The van der Waals surface area contributed by atoms with E-state index in [1.807, 2.05) is 18.2 Å². The average Bonchev–Trinajstić information content (AvgIpc) is 2.78. The van der Waals surface area contributed by atoms with E-state index >= 15 is 0 Å². The van der Waals surface area contributed by atoms with Crippen molar-refractivity contribution < 1.29 is 22.7 Å². The van der Waals surface area contributed by atoms with E-state index in [-0.39, 0.29) is 11.1 Å². The molecule has 0 bridgehead atoms. The minimum absolute atomic E-state index is 0.217. The maximum atomic E-state index is 13.2. The Morgan fingerprint density at radius 1 is 1.22 bits per heavy atom. The molecule has 3 rings (SSSR count). The van der Waals surface area contributed by atoms with E-state index in [9.17, 15) is 13.2 Å². The van der Waals surface area contributed by atoms with Crippen molar-refractivity contribution in [3.05, 3.63) is 59.1 Å². The van der Waals surface area contributed by atoms with Crippen LogP contribution in [-0.4, -0.2) is 53.5 Å². The Morgan fingerprint density at radius 2 is 1.88 bits per heavy atom. The minimum Gasteiger partial charge on any atom is -0.495 e. The Labute approximate surface area is 194 Å². The number of sulfonamides is 1. The number of carbonyl (C=O) groups is 1. The zero-order valence-corrected chi connectivity index (χ0v) is 20.1. The smallest absolute Gasteiger partial charge is 0.243 e. The Hall–Kier alpha value is -2.29. The first-order valence-electron chi connectivity index (χ1n) is 10.4. The lowest BCUT2D eigenvalue weighted by Crippen LogP contribution is -2.52. The maximum absolute atomic E-state index is 13.2. The third kappa shape index (κ3) is 5.36. The van der Waals surface area contributed by atoms with Crippen molar-refractivity contribution in [2.75, 3.05) is 37.4 Å². The summed E-state index contributed by atoms with van der Waals surface area (Å²) in [4.78, 5) is 13.2. The molecule has 1 heterocycles. The molecule has 1 atom stereocenters. The van der Waals surface area contributed by atoms with Gasteiger partial charge in [0, 0.05) is 30.2 Å². The zero-order chi connectivity index (χ0) is 23.4. The van der Waals surface area contributed by atoms with Crippen LogP contribution in [0.2, 0.25) is 5.02 Å². The lowest BCUT2D eigenvalue weighted by atomic mass is 9.74. The van der Waals surface area contributed by atoms with Crippen LogP contribution in [0.25, 0.3) is 0 Å². The molecule has 1 amide bonds. The van der Waals surface area contributed by atoms with E-state index < -0.39 is 22.0 Å². The quantitative estimate of drug-likeness (QED) is 0.626. The summed E-state index contributed by atoms with van der Waals surface area (Å²) in [5, 5.41) is 3.33. The van der Waals surface area contributed by atoms with Crippen molar-refractivity contribution >= 4 is 33.2 Å². The average molecular weight is 481 g/mol. The van der Waals surface area contributed by atoms with Gasteiger partial charge in [0.15, 0.2) is 0 Å². The number of nitrogens with one attached hydrogen (secondary N) is 1. The highest BCUT2D eigenvalue weighted by Gasteiger charge is 2.37. The summed E-state index contributed by atoms with van der Waals surface area (Å²) in [5.74, 6) is -0.0936. The summed E-state index contributed by atoms with van der Waals surface area (Å²) in [5.41, 5.74) is 1.08. The van der Waals surface area contributed by atoms with Gasteiger partial charge in [-0.2, -0.15) is 0 Å². The first kappa shape index (κ1) is 24.4. The molecular formula is C23H29ClN2O5S. The second-order valence-electron chi connectivity index (χ2n) is 8.03. The molecule has 0 unspecified atom stereocenters. The zero-order valence-electron chi connectivity index (χ0n) is 18.5. The molecule has 32 heavy (non-hydrogen) atoms. The highest BCUT2D eigenvalue weighted by Crippen LogP contribution is 2.36. The lowest BCUT2D eigenvalue weighted by Gasteiger charge is -2.38. The van der Waals surface area contributed by atoms with E-state index in [1.54, 1.807) is 19.1 Å². The van der Waals surface area contributed by atoms with E-state index in [4.69, 9.17) is 21.1 Å². The summed E-state index contributed by atoms with van der Waals surface area (Å²) >= 11 is 6.11. The number of carbonyl (C=O) groups excluding carboxylic acids is 1. The molecule has 174 valence electrons. The van der Waals surface area contributed by atoms with Gasteiger partial charge in [0.05, 0.1) is 19.1 Å². The first-order valence-corrected chi connectivity index (χ1v) is 12.6. The van der Waals surface area contributed by atoms with Crippen LogP contribution >= 0.6 is 11.6 Å². The fraction of sp³-hybridized carbons (Fsp3) is 0.435. The number of amides is 1. The summed E-state index contributed by atoms with van der Waals surface area (Å²) in [6.45, 7) is 3.15. The molecule has 0 radical (unpaired) electrons. The van der Waals surface area contributed by atoms with Crippen LogP contribution in [0, 0.1) is 0 Å². The molecule has 1 aliphatic rings. The summed E-state index contributed by atoms with van der Waals surface area (Å²) in [7, 11) is -2.37. The van der Waals surface area contributed by atoms with Crippen LogP contribution in [-0.2, 0) is 25.0 Å². The van der Waals surface area contributed by atoms with Crippen LogP contribution in [0.4, 0.5) is 5.69 Å². The van der Waals surface area contributed by atoms with Crippen molar-refractivity contribution in [3.8, 4) is 5.75 Å². The minimum atomic E-state index is -3.81. The largest absolute Gasteiger partial charge is 0.495 e. The molecule has 2 aromatic rings. The topological polar surface area (TPSA) is 84.9 Å². The second kappa shape index (κ2) is 10.1. The van der Waals surface area contributed by atoms with Crippen LogP contribution in [0.1, 0.15) is 25.3 Å². The Kier molecular flexibility index (Phi) is 7.69. The van der Waals surface area contributed by atoms with Crippen LogP contribution in [0.3, 0.4) is 0 Å². The van der Waals surface area contributed by atoms with Crippen molar-refractivity contribution in [1.29, 1.82) is 0 Å². The molecule has 9 heteroatoms. The van der Waals surface area contributed by atoms with Crippen molar-refractivity contribution in [2.45, 2.75) is 31.2 Å². The summed E-state index contributed by atoms with van der Waals surface area (Å²) in [6.07, 6.45) is 2.59. The third-order valence-corrected chi connectivity index (χ3v) is 7.37. The number of hydrogen-bond acceptors (Lipinski definition) is 5. The lowest BCUT2D eigenvalue weighted by molar-refractivity contribution is -0.122.